The maximum atomic E-state index is 9.57. The van der Waals surface area contributed by atoms with E-state index in [1.807, 2.05) is 24.4 Å². The Kier molecular flexibility index (Phi) is 3.90. The number of hydrogen-bond donors (Lipinski definition) is 2. The van der Waals surface area contributed by atoms with Crippen molar-refractivity contribution in [1.29, 1.82) is 0 Å². The molecule has 21 heavy (non-hydrogen) atoms. The molecule has 0 saturated carbocycles. The third-order valence-corrected chi connectivity index (χ3v) is 4.55. The molecule has 0 radical (unpaired) electrons. The van der Waals surface area contributed by atoms with E-state index in [0.717, 1.165) is 11.1 Å². The van der Waals surface area contributed by atoms with Crippen LogP contribution in [0.3, 0.4) is 0 Å². The lowest BCUT2D eigenvalue weighted by Gasteiger charge is -2.20. The van der Waals surface area contributed by atoms with Crippen molar-refractivity contribution < 1.29 is 5.11 Å². The third kappa shape index (κ3) is 3.06. The van der Waals surface area contributed by atoms with Gasteiger partial charge in [0.15, 0.2) is 0 Å². The highest BCUT2D eigenvalue weighted by atomic mass is 32.1. The Bertz CT molecular complexity index is 753. The predicted octanol–water partition coefficient (Wildman–Crippen LogP) is 4.41. The second-order valence-corrected chi connectivity index (χ2v) is 6.23. The van der Waals surface area contributed by atoms with Crippen LogP contribution in [0.4, 0.5) is 0 Å². The maximum absolute atomic E-state index is 9.57. The first-order valence-electron chi connectivity index (χ1n) is 7.01. The fourth-order valence-electron chi connectivity index (χ4n) is 2.46. The highest BCUT2D eigenvalue weighted by molar-refractivity contribution is 7.17. The summed E-state index contributed by atoms with van der Waals surface area (Å²) in [4.78, 5) is 4.49. The molecule has 1 aromatic carbocycles. The molecule has 2 N–H and O–H groups in total. The Labute approximate surface area is 128 Å². The molecule has 4 heteroatoms. The number of nitrogens with zero attached hydrogens (tertiary/aromatic N) is 1. The zero-order chi connectivity index (χ0) is 14.8. The quantitative estimate of drug-likeness (QED) is 0.749. The van der Waals surface area contributed by atoms with Crippen LogP contribution in [0.25, 0.3) is 10.2 Å². The molecular weight excluding hydrogens is 280 g/mol. The van der Waals surface area contributed by atoms with Gasteiger partial charge in [-0.2, -0.15) is 0 Å². The summed E-state index contributed by atoms with van der Waals surface area (Å²) in [5.41, 5.74) is 3.31. The van der Waals surface area contributed by atoms with Gasteiger partial charge in [0.05, 0.1) is 10.2 Å². The van der Waals surface area contributed by atoms with Crippen molar-refractivity contribution in [3.63, 3.8) is 0 Å². The van der Waals surface area contributed by atoms with E-state index in [-0.39, 0.29) is 12.1 Å². The van der Waals surface area contributed by atoms with Gasteiger partial charge in [0.1, 0.15) is 5.75 Å². The number of nitrogens with one attached hydrogen (secondary N) is 1. The number of aromatic nitrogens is 1. The van der Waals surface area contributed by atoms with Crippen LogP contribution in [-0.4, -0.2) is 10.1 Å². The molecule has 2 atom stereocenters. The largest absolute Gasteiger partial charge is 0.508 e. The van der Waals surface area contributed by atoms with Gasteiger partial charge >= 0.3 is 0 Å². The van der Waals surface area contributed by atoms with E-state index in [2.05, 4.69) is 35.6 Å². The van der Waals surface area contributed by atoms with Crippen molar-refractivity contribution in [2.24, 2.45) is 0 Å². The summed E-state index contributed by atoms with van der Waals surface area (Å²) in [6.07, 6.45) is 1.93. The normalized spacial score (nSPS) is 14.2. The van der Waals surface area contributed by atoms with Crippen LogP contribution >= 0.6 is 11.3 Å². The summed E-state index contributed by atoms with van der Waals surface area (Å²) in [5, 5.41) is 15.2. The number of aromatic hydroxyl groups is 1. The third-order valence-electron chi connectivity index (χ3n) is 3.69. The van der Waals surface area contributed by atoms with Crippen molar-refractivity contribution in [3.8, 4) is 5.75 Å². The summed E-state index contributed by atoms with van der Waals surface area (Å²) < 4.78 is 1.21. The van der Waals surface area contributed by atoms with Crippen molar-refractivity contribution in [3.05, 3.63) is 59.1 Å². The van der Waals surface area contributed by atoms with Gasteiger partial charge in [-0.3, -0.25) is 4.98 Å². The average molecular weight is 298 g/mol. The van der Waals surface area contributed by atoms with Crippen molar-refractivity contribution >= 4 is 21.6 Å². The Hall–Kier alpha value is -1.91. The highest BCUT2D eigenvalue weighted by Crippen LogP contribution is 2.25. The van der Waals surface area contributed by atoms with Crippen LogP contribution in [-0.2, 0) is 0 Å². The number of fused-ring (bicyclic) bond motifs is 1. The number of pyridine rings is 1. The average Bonchev–Trinajstić information content (AvgIpc) is 2.94. The van der Waals surface area contributed by atoms with Gasteiger partial charge in [0.25, 0.3) is 0 Å². The molecule has 0 aliphatic heterocycles. The topological polar surface area (TPSA) is 45.2 Å². The monoisotopic (exact) mass is 298 g/mol. The van der Waals surface area contributed by atoms with E-state index in [1.54, 1.807) is 23.5 Å². The SMILES string of the molecule is CC(NC(C)c1cnc2ccsc2c1)c1cccc(O)c1. The lowest BCUT2D eigenvalue weighted by molar-refractivity contribution is 0.466. The number of hydrogen-bond acceptors (Lipinski definition) is 4. The standard InChI is InChI=1S/C17H18N2OS/c1-11(13-4-3-5-15(20)8-13)19-12(2)14-9-17-16(18-10-14)6-7-21-17/h3-12,19-20H,1-2H3. The van der Waals surface area contributed by atoms with Gasteiger partial charge in [0, 0.05) is 18.3 Å². The summed E-state index contributed by atoms with van der Waals surface area (Å²) in [6.45, 7) is 4.23. The zero-order valence-electron chi connectivity index (χ0n) is 12.1. The van der Waals surface area contributed by atoms with Crippen LogP contribution < -0.4 is 5.32 Å². The van der Waals surface area contributed by atoms with E-state index in [9.17, 15) is 5.11 Å². The summed E-state index contributed by atoms with van der Waals surface area (Å²) in [7, 11) is 0. The minimum atomic E-state index is 0.158. The first kappa shape index (κ1) is 14.0. The maximum Gasteiger partial charge on any atom is 0.115 e. The minimum Gasteiger partial charge on any atom is -0.508 e. The van der Waals surface area contributed by atoms with Gasteiger partial charge in [-0.15, -0.1) is 11.3 Å². The van der Waals surface area contributed by atoms with Gasteiger partial charge in [-0.1, -0.05) is 12.1 Å². The molecule has 2 unspecified atom stereocenters. The number of benzene rings is 1. The van der Waals surface area contributed by atoms with Crippen LogP contribution in [0.2, 0.25) is 0 Å². The van der Waals surface area contributed by atoms with Gasteiger partial charge < -0.3 is 10.4 Å². The molecule has 3 rings (SSSR count). The van der Waals surface area contributed by atoms with Gasteiger partial charge in [-0.05, 0) is 54.6 Å². The molecule has 2 aromatic heterocycles. The second kappa shape index (κ2) is 5.84. The van der Waals surface area contributed by atoms with Crippen LogP contribution in [0.5, 0.6) is 5.75 Å². The smallest absolute Gasteiger partial charge is 0.115 e. The highest BCUT2D eigenvalue weighted by Gasteiger charge is 2.12. The fraction of sp³-hybridized carbons (Fsp3) is 0.235. The molecule has 0 saturated heterocycles. The Balaban J connectivity index is 1.77. The molecule has 0 aliphatic rings. The fourth-order valence-corrected chi connectivity index (χ4v) is 3.25. The second-order valence-electron chi connectivity index (χ2n) is 5.28. The molecule has 0 fully saturated rings. The number of rotatable bonds is 4. The number of phenols is 1. The van der Waals surface area contributed by atoms with Crippen molar-refractivity contribution in [1.82, 2.24) is 10.3 Å². The molecule has 3 nitrogen and oxygen atoms in total. The van der Waals surface area contributed by atoms with Crippen LogP contribution in [0.15, 0.2) is 48.0 Å². The lowest BCUT2D eigenvalue weighted by atomic mass is 10.1. The van der Waals surface area contributed by atoms with Gasteiger partial charge in [0.2, 0.25) is 0 Å². The molecular formula is C17H18N2OS. The summed E-state index contributed by atoms with van der Waals surface area (Å²) >= 11 is 1.71. The Morgan fingerprint density at radius 3 is 2.71 bits per heavy atom. The number of thiophene rings is 1. The van der Waals surface area contributed by atoms with Crippen LogP contribution in [0.1, 0.15) is 37.1 Å². The molecule has 2 heterocycles. The van der Waals surface area contributed by atoms with E-state index in [0.29, 0.717) is 5.75 Å². The van der Waals surface area contributed by atoms with E-state index >= 15 is 0 Å². The van der Waals surface area contributed by atoms with Crippen molar-refractivity contribution in [2.75, 3.05) is 0 Å². The molecule has 0 spiro atoms. The molecule has 0 amide bonds. The molecule has 3 aromatic rings. The first-order chi connectivity index (χ1) is 10.1. The Morgan fingerprint density at radius 1 is 1.10 bits per heavy atom. The Morgan fingerprint density at radius 2 is 1.90 bits per heavy atom. The van der Waals surface area contributed by atoms with Crippen molar-refractivity contribution in [2.45, 2.75) is 25.9 Å². The summed E-state index contributed by atoms with van der Waals surface area (Å²) in [5.74, 6) is 0.301. The van der Waals surface area contributed by atoms with E-state index in [4.69, 9.17) is 0 Å². The van der Waals surface area contributed by atoms with Gasteiger partial charge in [-0.25, -0.2) is 0 Å². The lowest BCUT2D eigenvalue weighted by Crippen LogP contribution is -2.22. The summed E-state index contributed by atoms with van der Waals surface area (Å²) in [6, 6.07) is 12.0. The first-order valence-corrected chi connectivity index (χ1v) is 7.89. The van der Waals surface area contributed by atoms with Crippen LogP contribution in [0, 0.1) is 0 Å². The molecule has 0 aliphatic carbocycles. The zero-order valence-corrected chi connectivity index (χ0v) is 12.9. The van der Waals surface area contributed by atoms with E-state index < -0.39 is 0 Å². The van der Waals surface area contributed by atoms with E-state index in [1.165, 1.54) is 10.3 Å². The predicted molar refractivity (Wildman–Crippen MR) is 87.7 cm³/mol. The molecule has 0 bridgehead atoms. The number of phenolic OH excluding ortho intramolecular Hbond substituents is 1. The molecule has 108 valence electrons. The minimum absolute atomic E-state index is 0.158.